The van der Waals surface area contributed by atoms with Gasteiger partial charge >= 0.3 is 5.97 Å². The van der Waals surface area contributed by atoms with E-state index in [0.717, 1.165) is 30.8 Å². The van der Waals surface area contributed by atoms with E-state index >= 15 is 0 Å². The SMILES string of the molecule is Cc1cccc(C2CCCN2C(=O)CCC(=O)OC(C)(C)C)n1. The van der Waals surface area contributed by atoms with Crippen LogP contribution >= 0.6 is 0 Å². The summed E-state index contributed by atoms with van der Waals surface area (Å²) in [5.74, 6) is -0.322. The Bertz CT molecular complexity index is 578. The Morgan fingerprint density at radius 1 is 1.30 bits per heavy atom. The first-order valence-corrected chi connectivity index (χ1v) is 8.21. The number of pyridine rings is 1. The van der Waals surface area contributed by atoms with Gasteiger partial charge in [0.05, 0.1) is 18.2 Å². The average Bonchev–Trinajstić information content (AvgIpc) is 2.92. The van der Waals surface area contributed by atoms with Gasteiger partial charge in [0.1, 0.15) is 5.60 Å². The Labute approximate surface area is 138 Å². The first kappa shape index (κ1) is 17.4. The standard InChI is InChI=1S/C18H26N2O3/c1-13-7-5-8-14(19-13)15-9-6-12-20(15)16(21)10-11-17(22)23-18(2,3)4/h5,7-8,15H,6,9-12H2,1-4H3. The summed E-state index contributed by atoms with van der Waals surface area (Å²) in [6, 6.07) is 5.92. The lowest BCUT2D eigenvalue weighted by molar-refractivity contribution is -0.156. The molecule has 2 heterocycles. The molecule has 0 aliphatic carbocycles. The molecule has 0 aromatic carbocycles. The molecule has 5 nitrogen and oxygen atoms in total. The van der Waals surface area contributed by atoms with Crippen molar-refractivity contribution in [2.75, 3.05) is 6.54 Å². The molecular formula is C18H26N2O3. The molecule has 1 fully saturated rings. The molecule has 1 unspecified atom stereocenters. The lowest BCUT2D eigenvalue weighted by Gasteiger charge is -2.25. The molecule has 23 heavy (non-hydrogen) atoms. The summed E-state index contributed by atoms with van der Waals surface area (Å²) >= 11 is 0. The summed E-state index contributed by atoms with van der Waals surface area (Å²) in [5.41, 5.74) is 1.38. The van der Waals surface area contributed by atoms with Gasteiger partial charge in [-0.25, -0.2) is 0 Å². The number of ether oxygens (including phenoxy) is 1. The topological polar surface area (TPSA) is 59.5 Å². The quantitative estimate of drug-likeness (QED) is 0.800. The number of rotatable bonds is 4. The van der Waals surface area contributed by atoms with E-state index in [2.05, 4.69) is 4.98 Å². The van der Waals surface area contributed by atoms with Crippen molar-refractivity contribution in [3.8, 4) is 0 Å². The highest BCUT2D eigenvalue weighted by molar-refractivity contribution is 5.82. The minimum Gasteiger partial charge on any atom is -0.460 e. The van der Waals surface area contributed by atoms with Gasteiger partial charge in [-0.15, -0.1) is 0 Å². The van der Waals surface area contributed by atoms with Crippen LogP contribution in [0, 0.1) is 6.92 Å². The Morgan fingerprint density at radius 3 is 2.70 bits per heavy atom. The first-order chi connectivity index (χ1) is 10.8. The second kappa shape index (κ2) is 7.11. The molecule has 0 bridgehead atoms. The summed E-state index contributed by atoms with van der Waals surface area (Å²) in [4.78, 5) is 30.6. The number of esters is 1. The van der Waals surface area contributed by atoms with Crippen LogP contribution in [0.15, 0.2) is 18.2 Å². The second-order valence-electron chi connectivity index (χ2n) is 7.04. The van der Waals surface area contributed by atoms with E-state index < -0.39 is 5.60 Å². The van der Waals surface area contributed by atoms with Crippen molar-refractivity contribution in [2.45, 2.75) is 65.0 Å². The number of nitrogens with zero attached hydrogens (tertiary/aromatic N) is 2. The zero-order chi connectivity index (χ0) is 17.0. The number of likely N-dealkylation sites (tertiary alicyclic amines) is 1. The van der Waals surface area contributed by atoms with Gasteiger partial charge in [0, 0.05) is 18.7 Å². The van der Waals surface area contributed by atoms with Crippen molar-refractivity contribution in [2.24, 2.45) is 0 Å². The lowest BCUT2D eigenvalue weighted by atomic mass is 10.1. The van der Waals surface area contributed by atoms with Crippen LogP contribution in [0.5, 0.6) is 0 Å². The molecule has 1 aromatic rings. The third-order valence-electron chi connectivity index (χ3n) is 3.79. The number of aromatic nitrogens is 1. The number of amides is 1. The molecule has 0 spiro atoms. The van der Waals surface area contributed by atoms with E-state index in [1.54, 1.807) is 0 Å². The van der Waals surface area contributed by atoms with Crippen LogP contribution in [0.3, 0.4) is 0 Å². The van der Waals surface area contributed by atoms with Crippen LogP contribution in [0.2, 0.25) is 0 Å². The Kier molecular flexibility index (Phi) is 5.39. The van der Waals surface area contributed by atoms with E-state index in [1.807, 2.05) is 50.8 Å². The van der Waals surface area contributed by atoms with E-state index in [-0.39, 0.29) is 30.8 Å². The highest BCUT2D eigenvalue weighted by Crippen LogP contribution is 2.31. The fourth-order valence-corrected chi connectivity index (χ4v) is 2.87. The maximum atomic E-state index is 12.5. The molecule has 5 heteroatoms. The van der Waals surface area contributed by atoms with Crippen LogP contribution < -0.4 is 0 Å². The highest BCUT2D eigenvalue weighted by atomic mass is 16.6. The molecule has 1 aliphatic rings. The van der Waals surface area contributed by atoms with Crippen molar-refractivity contribution in [3.05, 3.63) is 29.6 Å². The second-order valence-corrected chi connectivity index (χ2v) is 7.04. The molecule has 2 rings (SSSR count). The van der Waals surface area contributed by atoms with Crippen molar-refractivity contribution in [1.29, 1.82) is 0 Å². The van der Waals surface area contributed by atoms with Crippen LogP contribution in [0.4, 0.5) is 0 Å². The van der Waals surface area contributed by atoms with Crippen molar-refractivity contribution in [1.82, 2.24) is 9.88 Å². The van der Waals surface area contributed by atoms with Gasteiger partial charge in [0.25, 0.3) is 0 Å². The van der Waals surface area contributed by atoms with Crippen molar-refractivity contribution in [3.63, 3.8) is 0 Å². The summed E-state index contributed by atoms with van der Waals surface area (Å²) in [6.07, 6.45) is 2.21. The summed E-state index contributed by atoms with van der Waals surface area (Å²) in [6.45, 7) is 8.16. The summed E-state index contributed by atoms with van der Waals surface area (Å²) < 4.78 is 5.26. The minimum absolute atomic E-state index is 0.00154. The third kappa shape index (κ3) is 5.05. The minimum atomic E-state index is -0.512. The molecule has 126 valence electrons. The molecule has 1 aromatic heterocycles. The third-order valence-corrected chi connectivity index (χ3v) is 3.79. The Hall–Kier alpha value is -1.91. The molecule has 1 saturated heterocycles. The number of hydrogen-bond donors (Lipinski definition) is 0. The fourth-order valence-electron chi connectivity index (χ4n) is 2.87. The first-order valence-electron chi connectivity index (χ1n) is 8.21. The summed E-state index contributed by atoms with van der Waals surface area (Å²) in [7, 11) is 0. The van der Waals surface area contributed by atoms with Gasteiger partial charge in [-0.3, -0.25) is 14.6 Å². The van der Waals surface area contributed by atoms with Crippen molar-refractivity contribution >= 4 is 11.9 Å². The molecular weight excluding hydrogens is 292 g/mol. The number of carbonyl (C=O) groups excluding carboxylic acids is 2. The largest absolute Gasteiger partial charge is 0.460 e. The van der Waals surface area contributed by atoms with Crippen molar-refractivity contribution < 1.29 is 14.3 Å². The zero-order valence-corrected chi connectivity index (χ0v) is 14.5. The molecule has 0 saturated carbocycles. The fraction of sp³-hybridized carbons (Fsp3) is 0.611. The Balaban J connectivity index is 1.94. The maximum absolute atomic E-state index is 12.5. The van der Waals surface area contributed by atoms with Crippen LogP contribution in [-0.4, -0.2) is 33.9 Å². The monoisotopic (exact) mass is 318 g/mol. The normalized spacial score (nSPS) is 18.1. The molecule has 1 amide bonds. The van der Waals surface area contributed by atoms with Gasteiger partial charge in [-0.2, -0.15) is 0 Å². The predicted octanol–water partition coefficient (Wildman–Crippen LogP) is 3.18. The number of aryl methyl sites for hydroxylation is 1. The molecule has 1 atom stereocenters. The van der Waals surface area contributed by atoms with E-state index in [1.165, 1.54) is 0 Å². The summed E-state index contributed by atoms with van der Waals surface area (Å²) in [5, 5.41) is 0. The zero-order valence-electron chi connectivity index (χ0n) is 14.5. The Morgan fingerprint density at radius 2 is 2.04 bits per heavy atom. The van der Waals surface area contributed by atoms with Gasteiger partial charge in [0.2, 0.25) is 5.91 Å². The van der Waals surface area contributed by atoms with E-state index in [0.29, 0.717) is 0 Å². The number of hydrogen-bond acceptors (Lipinski definition) is 4. The molecule has 1 aliphatic heterocycles. The van der Waals surface area contributed by atoms with Gasteiger partial charge in [-0.05, 0) is 52.7 Å². The molecule has 0 radical (unpaired) electrons. The van der Waals surface area contributed by atoms with Crippen LogP contribution in [-0.2, 0) is 14.3 Å². The molecule has 0 N–H and O–H groups in total. The lowest BCUT2D eigenvalue weighted by Crippen LogP contribution is -2.32. The van der Waals surface area contributed by atoms with Gasteiger partial charge in [0.15, 0.2) is 0 Å². The van der Waals surface area contributed by atoms with E-state index in [9.17, 15) is 9.59 Å². The van der Waals surface area contributed by atoms with Gasteiger partial charge in [-0.1, -0.05) is 6.07 Å². The average molecular weight is 318 g/mol. The number of carbonyl (C=O) groups is 2. The maximum Gasteiger partial charge on any atom is 0.306 e. The van der Waals surface area contributed by atoms with Crippen LogP contribution in [0.1, 0.15) is 63.9 Å². The van der Waals surface area contributed by atoms with Crippen LogP contribution in [0.25, 0.3) is 0 Å². The smallest absolute Gasteiger partial charge is 0.306 e. The van der Waals surface area contributed by atoms with Gasteiger partial charge < -0.3 is 9.64 Å². The van der Waals surface area contributed by atoms with E-state index in [4.69, 9.17) is 4.74 Å². The predicted molar refractivity (Wildman–Crippen MR) is 87.7 cm³/mol. The highest BCUT2D eigenvalue weighted by Gasteiger charge is 2.31.